The van der Waals surface area contributed by atoms with Crippen LogP contribution < -0.4 is 10.8 Å². The van der Waals surface area contributed by atoms with E-state index in [4.69, 9.17) is 9.57 Å². The normalized spacial score (nSPS) is 11.8. The van der Waals surface area contributed by atoms with Gasteiger partial charge in [-0.15, -0.1) is 0 Å². The number of aliphatic carboxylic acids is 1. The van der Waals surface area contributed by atoms with Crippen molar-refractivity contribution in [1.29, 1.82) is 0 Å². The number of anilines is 1. The van der Waals surface area contributed by atoms with E-state index in [2.05, 4.69) is 10.8 Å². The number of carboxylic acid groups (broad SMARTS) is 1. The first-order valence-electron chi connectivity index (χ1n) is 11.5. The number of carbonyl (C=O) groups is 4. The molecule has 194 valence electrons. The van der Waals surface area contributed by atoms with E-state index in [9.17, 15) is 24.3 Å². The van der Waals surface area contributed by atoms with Crippen molar-refractivity contribution in [3.63, 3.8) is 0 Å². The number of nitrogens with one attached hydrogen (secondary N) is 2. The standard InChI is InChI=1S/C26H33N3O7/c1-5-35-28-23(31)16-22(30)27-20-13-9-12-19(14-20)17-29(25(34)36-26(2,3)4)21(24(32)33)15-18-10-7-6-8-11-18/h6-14,21H,5,15-17H2,1-4H3,(H,27,30)(H,28,31)(H,32,33)/t21-/m0/s1. The first-order valence-corrected chi connectivity index (χ1v) is 11.5. The molecule has 36 heavy (non-hydrogen) atoms. The van der Waals surface area contributed by atoms with Gasteiger partial charge in [0, 0.05) is 12.1 Å². The molecule has 0 aliphatic rings. The maximum atomic E-state index is 13.1. The third kappa shape index (κ3) is 9.75. The van der Waals surface area contributed by atoms with Crippen LogP contribution in [0.5, 0.6) is 0 Å². The molecule has 0 heterocycles. The molecule has 0 bridgehead atoms. The fraction of sp³-hybridized carbons (Fsp3) is 0.385. The van der Waals surface area contributed by atoms with Gasteiger partial charge in [-0.05, 0) is 51.0 Å². The predicted molar refractivity (Wildman–Crippen MR) is 133 cm³/mol. The third-order valence-electron chi connectivity index (χ3n) is 4.78. The molecule has 0 saturated carbocycles. The minimum Gasteiger partial charge on any atom is -0.480 e. The lowest BCUT2D eigenvalue weighted by molar-refractivity contribution is -0.143. The van der Waals surface area contributed by atoms with Gasteiger partial charge in [0.25, 0.3) is 5.91 Å². The monoisotopic (exact) mass is 499 g/mol. The summed E-state index contributed by atoms with van der Waals surface area (Å²) in [7, 11) is 0. The summed E-state index contributed by atoms with van der Waals surface area (Å²) in [6, 6.07) is 14.4. The summed E-state index contributed by atoms with van der Waals surface area (Å²) in [4.78, 5) is 55.1. The number of carboxylic acids is 1. The average molecular weight is 500 g/mol. The van der Waals surface area contributed by atoms with E-state index < -0.39 is 41.9 Å². The SMILES string of the molecule is CCONC(=O)CC(=O)Nc1cccc(CN(C(=O)OC(C)(C)C)[C@@H](Cc2ccccc2)C(=O)O)c1. The minimum absolute atomic E-state index is 0.0761. The van der Waals surface area contributed by atoms with Crippen LogP contribution in [0.25, 0.3) is 0 Å². The Hall–Kier alpha value is -3.92. The summed E-state index contributed by atoms with van der Waals surface area (Å²) in [6.45, 7) is 7.00. The first-order chi connectivity index (χ1) is 17.0. The van der Waals surface area contributed by atoms with Crippen LogP contribution in [0.3, 0.4) is 0 Å². The average Bonchev–Trinajstić information content (AvgIpc) is 2.79. The summed E-state index contributed by atoms with van der Waals surface area (Å²) >= 11 is 0. The second kappa shape index (κ2) is 13.2. The van der Waals surface area contributed by atoms with Gasteiger partial charge in [-0.25, -0.2) is 15.1 Å². The van der Waals surface area contributed by atoms with Crippen molar-refractivity contribution in [2.75, 3.05) is 11.9 Å². The number of ether oxygens (including phenoxy) is 1. The zero-order chi connectivity index (χ0) is 26.7. The van der Waals surface area contributed by atoms with Crippen molar-refractivity contribution in [2.45, 2.75) is 58.7 Å². The van der Waals surface area contributed by atoms with Crippen molar-refractivity contribution >= 4 is 29.6 Å². The second-order valence-electron chi connectivity index (χ2n) is 9.04. The van der Waals surface area contributed by atoms with Gasteiger partial charge in [-0.3, -0.25) is 19.3 Å². The molecule has 0 unspecified atom stereocenters. The van der Waals surface area contributed by atoms with Crippen molar-refractivity contribution in [2.24, 2.45) is 0 Å². The van der Waals surface area contributed by atoms with E-state index in [1.807, 2.05) is 6.07 Å². The highest BCUT2D eigenvalue weighted by Crippen LogP contribution is 2.20. The lowest BCUT2D eigenvalue weighted by Crippen LogP contribution is -2.47. The highest BCUT2D eigenvalue weighted by Gasteiger charge is 2.33. The maximum absolute atomic E-state index is 13.1. The largest absolute Gasteiger partial charge is 0.480 e. The Morgan fingerprint density at radius 3 is 2.25 bits per heavy atom. The van der Waals surface area contributed by atoms with Gasteiger partial charge in [0.1, 0.15) is 18.1 Å². The summed E-state index contributed by atoms with van der Waals surface area (Å²) in [5, 5.41) is 12.6. The molecule has 2 rings (SSSR count). The molecule has 0 spiro atoms. The van der Waals surface area contributed by atoms with E-state index >= 15 is 0 Å². The molecule has 0 saturated heterocycles. The Bertz CT molecular complexity index is 1050. The maximum Gasteiger partial charge on any atom is 0.411 e. The number of hydrogen-bond acceptors (Lipinski definition) is 6. The van der Waals surface area contributed by atoms with Gasteiger partial charge in [-0.2, -0.15) is 0 Å². The van der Waals surface area contributed by atoms with E-state index in [1.54, 1.807) is 76.2 Å². The Balaban J connectivity index is 2.24. The molecule has 0 aliphatic heterocycles. The Kier molecular flexibility index (Phi) is 10.4. The van der Waals surface area contributed by atoms with Gasteiger partial charge in [0.15, 0.2) is 0 Å². The van der Waals surface area contributed by atoms with Crippen molar-refractivity contribution in [3.05, 3.63) is 65.7 Å². The Morgan fingerprint density at radius 1 is 0.972 bits per heavy atom. The smallest absolute Gasteiger partial charge is 0.411 e. The van der Waals surface area contributed by atoms with Gasteiger partial charge in [0.2, 0.25) is 5.91 Å². The predicted octanol–water partition coefficient (Wildman–Crippen LogP) is 3.52. The van der Waals surface area contributed by atoms with Gasteiger partial charge in [0.05, 0.1) is 13.2 Å². The van der Waals surface area contributed by atoms with Gasteiger partial charge in [-0.1, -0.05) is 42.5 Å². The highest BCUT2D eigenvalue weighted by atomic mass is 16.6. The zero-order valence-corrected chi connectivity index (χ0v) is 20.9. The van der Waals surface area contributed by atoms with Gasteiger partial charge >= 0.3 is 12.1 Å². The number of hydroxylamine groups is 1. The molecule has 0 radical (unpaired) electrons. The first kappa shape index (κ1) is 28.3. The van der Waals surface area contributed by atoms with Crippen LogP contribution >= 0.6 is 0 Å². The van der Waals surface area contributed by atoms with Crippen LogP contribution in [-0.2, 0) is 36.9 Å². The van der Waals surface area contributed by atoms with E-state index in [0.29, 0.717) is 11.3 Å². The molecule has 0 fully saturated rings. The lowest BCUT2D eigenvalue weighted by Gasteiger charge is -2.31. The molecule has 10 heteroatoms. The van der Waals surface area contributed by atoms with Crippen LogP contribution in [-0.4, -0.2) is 52.1 Å². The van der Waals surface area contributed by atoms with Crippen LogP contribution in [0.2, 0.25) is 0 Å². The van der Waals surface area contributed by atoms with E-state index in [-0.39, 0.29) is 19.6 Å². The molecule has 0 aliphatic carbocycles. The molecule has 0 aromatic heterocycles. The molecule has 3 N–H and O–H groups in total. The molecular weight excluding hydrogens is 466 g/mol. The van der Waals surface area contributed by atoms with Crippen molar-refractivity contribution in [3.8, 4) is 0 Å². The summed E-state index contributed by atoms with van der Waals surface area (Å²) in [5.74, 6) is -2.32. The van der Waals surface area contributed by atoms with Crippen molar-refractivity contribution in [1.82, 2.24) is 10.4 Å². The third-order valence-corrected chi connectivity index (χ3v) is 4.78. The van der Waals surface area contributed by atoms with E-state index in [0.717, 1.165) is 10.5 Å². The molecule has 2 aromatic carbocycles. The minimum atomic E-state index is -1.19. The Morgan fingerprint density at radius 2 is 1.64 bits per heavy atom. The zero-order valence-electron chi connectivity index (χ0n) is 20.9. The number of nitrogens with zero attached hydrogens (tertiary/aromatic N) is 1. The molecule has 2 aromatic rings. The quantitative estimate of drug-likeness (QED) is 0.318. The molecule has 1 atom stereocenters. The number of amides is 3. The summed E-state index contributed by atoms with van der Waals surface area (Å²) in [6.07, 6.45) is -1.12. The van der Waals surface area contributed by atoms with E-state index in [1.165, 1.54) is 0 Å². The lowest BCUT2D eigenvalue weighted by atomic mass is 10.0. The highest BCUT2D eigenvalue weighted by molar-refractivity contribution is 6.03. The topological polar surface area (TPSA) is 134 Å². The van der Waals surface area contributed by atoms with Crippen LogP contribution in [0.1, 0.15) is 45.2 Å². The van der Waals surface area contributed by atoms with Gasteiger partial charge < -0.3 is 15.2 Å². The van der Waals surface area contributed by atoms with Crippen molar-refractivity contribution < 1.29 is 33.9 Å². The number of benzene rings is 2. The van der Waals surface area contributed by atoms with Crippen LogP contribution in [0, 0.1) is 0 Å². The Labute approximate surface area is 210 Å². The summed E-state index contributed by atoms with van der Waals surface area (Å²) < 4.78 is 5.51. The fourth-order valence-corrected chi connectivity index (χ4v) is 3.27. The number of rotatable bonds is 11. The summed E-state index contributed by atoms with van der Waals surface area (Å²) in [5.41, 5.74) is 3.03. The number of carbonyl (C=O) groups excluding carboxylic acids is 3. The van der Waals surface area contributed by atoms with Crippen LogP contribution in [0.4, 0.5) is 10.5 Å². The van der Waals surface area contributed by atoms with Crippen LogP contribution in [0.15, 0.2) is 54.6 Å². The molecule has 10 nitrogen and oxygen atoms in total. The number of hydrogen-bond donors (Lipinski definition) is 3. The molecular formula is C26H33N3O7. The fourth-order valence-electron chi connectivity index (χ4n) is 3.27. The second-order valence-corrected chi connectivity index (χ2v) is 9.04. The molecule has 3 amide bonds.